The first kappa shape index (κ1) is 18.1. The van der Waals surface area contributed by atoms with E-state index in [1.54, 1.807) is 6.07 Å². The van der Waals surface area contributed by atoms with Gasteiger partial charge in [0, 0.05) is 44.4 Å². The fourth-order valence-corrected chi connectivity index (χ4v) is 3.40. The van der Waals surface area contributed by atoms with Gasteiger partial charge in [-0.1, -0.05) is 0 Å². The number of piperidine rings is 1. The predicted molar refractivity (Wildman–Crippen MR) is 96.7 cm³/mol. The monoisotopic (exact) mass is 347 g/mol. The molecule has 0 radical (unpaired) electrons. The Morgan fingerprint density at radius 2 is 1.84 bits per heavy atom. The van der Waals surface area contributed by atoms with Gasteiger partial charge in [0.2, 0.25) is 0 Å². The maximum absolute atomic E-state index is 12.2. The van der Waals surface area contributed by atoms with Crippen LogP contribution in [-0.4, -0.2) is 65.4 Å². The minimum Gasteiger partial charge on any atom is -0.381 e. The average Bonchev–Trinajstić information content (AvgIpc) is 2.63. The van der Waals surface area contributed by atoms with E-state index in [1.165, 1.54) is 0 Å². The average molecular weight is 347 g/mol. The first-order valence-electron chi connectivity index (χ1n) is 9.35. The number of nitrogens with zero attached hydrogens (tertiary/aromatic N) is 3. The third-order valence-electron chi connectivity index (χ3n) is 5.07. The molecule has 2 aliphatic heterocycles. The second-order valence-electron chi connectivity index (χ2n) is 7.21. The van der Waals surface area contributed by atoms with Crippen LogP contribution in [0.1, 0.15) is 50.0 Å². The van der Waals surface area contributed by atoms with Crippen molar-refractivity contribution in [3.05, 3.63) is 17.8 Å². The van der Waals surface area contributed by atoms with Crippen LogP contribution in [-0.2, 0) is 4.74 Å². The van der Waals surface area contributed by atoms with Crippen molar-refractivity contribution in [2.24, 2.45) is 0 Å². The number of nitrogens with one attached hydrogen (secondary N) is 2. The van der Waals surface area contributed by atoms with E-state index in [0.29, 0.717) is 31.0 Å². The molecule has 7 heteroatoms. The number of likely N-dealkylation sites (tertiary alicyclic amines) is 1. The second kappa shape index (κ2) is 8.58. The summed E-state index contributed by atoms with van der Waals surface area (Å²) >= 11 is 0. The highest BCUT2D eigenvalue weighted by Crippen LogP contribution is 2.16. The third-order valence-corrected chi connectivity index (χ3v) is 5.07. The lowest BCUT2D eigenvalue weighted by Gasteiger charge is -2.34. The van der Waals surface area contributed by atoms with E-state index in [2.05, 4.69) is 39.6 Å². The number of ether oxygens (including phenoxy) is 1. The van der Waals surface area contributed by atoms with Crippen LogP contribution in [0, 0.1) is 0 Å². The number of rotatable bonds is 5. The van der Waals surface area contributed by atoms with Crippen LogP contribution in [0.5, 0.6) is 0 Å². The molecule has 3 heterocycles. The molecule has 0 aromatic carbocycles. The van der Waals surface area contributed by atoms with Gasteiger partial charge in [-0.2, -0.15) is 0 Å². The summed E-state index contributed by atoms with van der Waals surface area (Å²) in [4.78, 5) is 14.7. The Labute approximate surface area is 149 Å². The molecule has 2 N–H and O–H groups in total. The van der Waals surface area contributed by atoms with Crippen LogP contribution in [0.15, 0.2) is 12.1 Å². The van der Waals surface area contributed by atoms with Crippen molar-refractivity contribution in [3.8, 4) is 0 Å². The van der Waals surface area contributed by atoms with Crippen molar-refractivity contribution >= 4 is 11.7 Å². The molecule has 2 fully saturated rings. The lowest BCUT2D eigenvalue weighted by Crippen LogP contribution is -2.42. The molecule has 1 aromatic rings. The smallest absolute Gasteiger partial charge is 0.272 e. The molecule has 0 bridgehead atoms. The molecule has 0 unspecified atom stereocenters. The van der Waals surface area contributed by atoms with Crippen LogP contribution in [0.2, 0.25) is 0 Å². The molecule has 0 aliphatic carbocycles. The van der Waals surface area contributed by atoms with E-state index in [4.69, 9.17) is 4.74 Å². The molecule has 1 amide bonds. The maximum Gasteiger partial charge on any atom is 0.272 e. The van der Waals surface area contributed by atoms with Crippen LogP contribution in [0.25, 0.3) is 0 Å². The van der Waals surface area contributed by atoms with Gasteiger partial charge in [-0.05, 0) is 51.7 Å². The molecule has 3 rings (SSSR count). The van der Waals surface area contributed by atoms with Gasteiger partial charge >= 0.3 is 0 Å². The molecule has 138 valence electrons. The number of amides is 1. The van der Waals surface area contributed by atoms with E-state index in [-0.39, 0.29) is 11.9 Å². The summed E-state index contributed by atoms with van der Waals surface area (Å²) in [6.07, 6.45) is 3.92. The largest absolute Gasteiger partial charge is 0.381 e. The molecule has 2 saturated heterocycles. The Morgan fingerprint density at radius 1 is 1.12 bits per heavy atom. The second-order valence-corrected chi connectivity index (χ2v) is 7.21. The zero-order chi connectivity index (χ0) is 17.6. The van der Waals surface area contributed by atoms with Crippen molar-refractivity contribution in [2.45, 2.75) is 57.7 Å². The maximum atomic E-state index is 12.2. The van der Waals surface area contributed by atoms with Crippen molar-refractivity contribution in [2.75, 3.05) is 31.6 Å². The van der Waals surface area contributed by atoms with Gasteiger partial charge in [0.15, 0.2) is 5.69 Å². The fourth-order valence-electron chi connectivity index (χ4n) is 3.40. The molecule has 0 saturated carbocycles. The molecule has 0 atom stereocenters. The van der Waals surface area contributed by atoms with E-state index in [0.717, 1.165) is 44.6 Å². The summed E-state index contributed by atoms with van der Waals surface area (Å²) in [7, 11) is 0. The summed E-state index contributed by atoms with van der Waals surface area (Å²) < 4.78 is 5.30. The van der Waals surface area contributed by atoms with Crippen molar-refractivity contribution in [3.63, 3.8) is 0 Å². The summed E-state index contributed by atoms with van der Waals surface area (Å²) in [5.41, 5.74) is 0.367. The Hall–Kier alpha value is -1.73. The Morgan fingerprint density at radius 3 is 2.44 bits per heavy atom. The fraction of sp³-hybridized carbons (Fsp3) is 0.722. The van der Waals surface area contributed by atoms with Gasteiger partial charge in [0.25, 0.3) is 5.91 Å². The summed E-state index contributed by atoms with van der Waals surface area (Å²) in [5, 5.41) is 14.7. The quantitative estimate of drug-likeness (QED) is 0.843. The topological polar surface area (TPSA) is 79.4 Å². The van der Waals surface area contributed by atoms with Gasteiger partial charge < -0.3 is 20.3 Å². The zero-order valence-corrected chi connectivity index (χ0v) is 15.2. The highest BCUT2D eigenvalue weighted by atomic mass is 16.5. The van der Waals surface area contributed by atoms with E-state index < -0.39 is 0 Å². The number of carbonyl (C=O) groups is 1. The minimum atomic E-state index is -0.156. The summed E-state index contributed by atoms with van der Waals surface area (Å²) in [5.74, 6) is 0.585. The highest BCUT2D eigenvalue weighted by molar-refractivity contribution is 5.92. The van der Waals surface area contributed by atoms with E-state index in [9.17, 15) is 4.79 Å². The van der Waals surface area contributed by atoms with Crippen LogP contribution in [0.4, 0.5) is 5.82 Å². The Kier molecular flexibility index (Phi) is 6.20. The van der Waals surface area contributed by atoms with Crippen molar-refractivity contribution < 1.29 is 9.53 Å². The summed E-state index contributed by atoms with van der Waals surface area (Å²) in [6, 6.07) is 4.79. The van der Waals surface area contributed by atoms with E-state index in [1.807, 2.05) is 6.07 Å². The normalized spacial score (nSPS) is 20.6. The van der Waals surface area contributed by atoms with Gasteiger partial charge in [-0.3, -0.25) is 4.79 Å². The van der Waals surface area contributed by atoms with Gasteiger partial charge in [0.1, 0.15) is 5.82 Å². The third kappa shape index (κ3) is 5.12. The number of anilines is 1. The van der Waals surface area contributed by atoms with Gasteiger partial charge in [0.05, 0.1) is 0 Å². The number of aromatic nitrogens is 2. The lowest BCUT2D eigenvalue weighted by molar-refractivity contribution is 0.0693. The van der Waals surface area contributed by atoms with Crippen molar-refractivity contribution in [1.29, 1.82) is 0 Å². The van der Waals surface area contributed by atoms with E-state index >= 15 is 0 Å². The highest BCUT2D eigenvalue weighted by Gasteiger charge is 2.21. The van der Waals surface area contributed by atoms with Crippen molar-refractivity contribution in [1.82, 2.24) is 20.4 Å². The zero-order valence-electron chi connectivity index (χ0n) is 15.2. The SMILES string of the molecule is CC(C)N1CCC(Nc2ccc(C(=O)NC3CCOCC3)nn2)CC1. The molecule has 0 spiro atoms. The molecule has 2 aliphatic rings. The van der Waals surface area contributed by atoms with Gasteiger partial charge in [-0.25, -0.2) is 0 Å². The van der Waals surface area contributed by atoms with Crippen LogP contribution < -0.4 is 10.6 Å². The van der Waals surface area contributed by atoms with Gasteiger partial charge in [-0.15, -0.1) is 10.2 Å². The molecule has 1 aromatic heterocycles. The first-order valence-corrected chi connectivity index (χ1v) is 9.35. The summed E-state index contributed by atoms with van der Waals surface area (Å²) in [6.45, 7) is 8.10. The molecular weight excluding hydrogens is 318 g/mol. The Balaban J connectivity index is 1.48. The first-order chi connectivity index (χ1) is 12.1. The lowest BCUT2D eigenvalue weighted by atomic mass is 10.0. The Bertz CT molecular complexity index is 549. The molecular formula is C18H29N5O2. The van der Waals surface area contributed by atoms with Crippen LogP contribution >= 0.6 is 0 Å². The number of hydrogen-bond donors (Lipinski definition) is 2. The number of hydrogen-bond acceptors (Lipinski definition) is 6. The van der Waals surface area contributed by atoms with Crippen LogP contribution in [0.3, 0.4) is 0 Å². The predicted octanol–water partition coefficient (Wildman–Crippen LogP) is 1.67. The standard InChI is InChI=1S/C18H29N5O2/c1-13(2)23-9-5-14(6-10-23)19-17-4-3-16(21-22-17)18(24)20-15-7-11-25-12-8-15/h3-4,13-15H,5-12H2,1-2H3,(H,19,22)(H,20,24). The molecule has 25 heavy (non-hydrogen) atoms. The molecule has 7 nitrogen and oxygen atoms in total. The number of carbonyl (C=O) groups excluding carboxylic acids is 1. The minimum absolute atomic E-state index is 0.156.